The smallest absolute Gasteiger partial charge is 0.411 e. The maximum absolute atomic E-state index is 12.4. The Morgan fingerprint density at radius 2 is 1.91 bits per heavy atom. The molecular weight excluding hydrogens is 364 g/mol. The number of rotatable bonds is 2. The Hall–Kier alpha value is -1.60. The van der Waals surface area contributed by atoms with E-state index >= 15 is 0 Å². The third-order valence-electron chi connectivity index (χ3n) is 3.32. The van der Waals surface area contributed by atoms with Gasteiger partial charge in [-0.05, 0) is 45.0 Å². The number of nitrogens with one attached hydrogen (secondary N) is 1. The van der Waals surface area contributed by atoms with Gasteiger partial charge in [0.25, 0.3) is 0 Å². The molecule has 0 spiro atoms. The second-order valence-corrected chi connectivity index (χ2v) is 7.45. The number of nitrogens with zero attached hydrogens (tertiary/aromatic N) is 1. The standard InChI is InChI=1S/C16H21BrN2O4/c1-16(2,3)23-15(22)19-9-12(20)8-13(19)14(21)18-11-6-4-10(17)5-7-11/h4-7,12-13,20H,8-9H2,1-3H3,(H,18,21)/t12-,13-/m0/s1. The first-order chi connectivity index (χ1) is 10.7. The molecule has 0 unspecified atom stereocenters. The molecule has 23 heavy (non-hydrogen) atoms. The van der Waals surface area contributed by atoms with Crippen LogP contribution in [0.3, 0.4) is 0 Å². The Kier molecular flexibility index (Phi) is 5.31. The number of carbonyl (C=O) groups excluding carboxylic acids is 2. The number of carbonyl (C=O) groups is 2. The monoisotopic (exact) mass is 384 g/mol. The van der Waals surface area contributed by atoms with Crippen molar-refractivity contribution < 1.29 is 19.4 Å². The first-order valence-corrected chi connectivity index (χ1v) is 8.19. The molecule has 1 aliphatic heterocycles. The Bertz CT molecular complexity index is 583. The van der Waals surface area contributed by atoms with Gasteiger partial charge in [0.05, 0.1) is 12.6 Å². The van der Waals surface area contributed by atoms with Crippen LogP contribution in [0.15, 0.2) is 28.7 Å². The molecule has 7 heteroatoms. The number of amides is 2. The van der Waals surface area contributed by atoms with Crippen LogP contribution in [0.1, 0.15) is 27.2 Å². The van der Waals surface area contributed by atoms with Gasteiger partial charge in [0.15, 0.2) is 0 Å². The molecule has 2 N–H and O–H groups in total. The van der Waals surface area contributed by atoms with Crippen molar-refractivity contribution in [2.24, 2.45) is 0 Å². The van der Waals surface area contributed by atoms with Crippen molar-refractivity contribution in [2.45, 2.75) is 44.9 Å². The van der Waals surface area contributed by atoms with E-state index in [1.165, 1.54) is 4.90 Å². The molecule has 2 atom stereocenters. The molecular formula is C16H21BrN2O4. The van der Waals surface area contributed by atoms with Crippen molar-refractivity contribution in [3.8, 4) is 0 Å². The van der Waals surface area contributed by atoms with Crippen LogP contribution < -0.4 is 5.32 Å². The summed E-state index contributed by atoms with van der Waals surface area (Å²) in [4.78, 5) is 25.9. The van der Waals surface area contributed by atoms with Crippen molar-refractivity contribution >= 4 is 33.6 Å². The van der Waals surface area contributed by atoms with Gasteiger partial charge in [-0.1, -0.05) is 15.9 Å². The molecule has 0 bridgehead atoms. The number of ether oxygens (including phenoxy) is 1. The Morgan fingerprint density at radius 1 is 1.30 bits per heavy atom. The lowest BCUT2D eigenvalue weighted by Gasteiger charge is -2.27. The SMILES string of the molecule is CC(C)(C)OC(=O)N1C[C@@H](O)C[C@H]1C(=O)Nc1ccc(Br)cc1. The highest BCUT2D eigenvalue weighted by atomic mass is 79.9. The largest absolute Gasteiger partial charge is 0.444 e. The number of aliphatic hydroxyl groups excluding tert-OH is 1. The highest BCUT2D eigenvalue weighted by Crippen LogP contribution is 2.23. The van der Waals surface area contributed by atoms with Gasteiger partial charge in [0.1, 0.15) is 11.6 Å². The van der Waals surface area contributed by atoms with E-state index in [-0.39, 0.29) is 18.9 Å². The van der Waals surface area contributed by atoms with Gasteiger partial charge < -0.3 is 15.2 Å². The molecule has 2 amide bonds. The minimum absolute atomic E-state index is 0.0906. The minimum atomic E-state index is -0.747. The van der Waals surface area contributed by atoms with E-state index in [2.05, 4.69) is 21.2 Å². The minimum Gasteiger partial charge on any atom is -0.444 e. The quantitative estimate of drug-likeness (QED) is 0.821. The molecule has 0 aromatic heterocycles. The zero-order chi connectivity index (χ0) is 17.2. The lowest BCUT2D eigenvalue weighted by Crippen LogP contribution is -2.45. The Balaban J connectivity index is 2.07. The number of anilines is 1. The van der Waals surface area contributed by atoms with Gasteiger partial charge in [-0.25, -0.2) is 4.79 Å². The van der Waals surface area contributed by atoms with E-state index < -0.39 is 23.8 Å². The molecule has 0 aliphatic carbocycles. The van der Waals surface area contributed by atoms with Crippen LogP contribution in [0.5, 0.6) is 0 Å². The molecule has 2 rings (SSSR count). The second kappa shape index (κ2) is 6.88. The summed E-state index contributed by atoms with van der Waals surface area (Å²) in [7, 11) is 0. The number of hydrogen-bond acceptors (Lipinski definition) is 4. The van der Waals surface area contributed by atoms with E-state index in [0.717, 1.165) is 4.47 Å². The average Bonchev–Trinajstić information content (AvgIpc) is 2.82. The highest BCUT2D eigenvalue weighted by Gasteiger charge is 2.40. The first-order valence-electron chi connectivity index (χ1n) is 7.40. The van der Waals surface area contributed by atoms with E-state index in [9.17, 15) is 14.7 Å². The van der Waals surface area contributed by atoms with Crippen LogP contribution in [0.4, 0.5) is 10.5 Å². The predicted molar refractivity (Wildman–Crippen MR) is 90.1 cm³/mol. The van der Waals surface area contributed by atoms with E-state index in [4.69, 9.17) is 4.74 Å². The zero-order valence-corrected chi connectivity index (χ0v) is 15.0. The number of aliphatic hydroxyl groups is 1. The van der Waals surface area contributed by atoms with E-state index in [1.54, 1.807) is 32.9 Å². The van der Waals surface area contributed by atoms with E-state index in [0.29, 0.717) is 5.69 Å². The fraction of sp³-hybridized carbons (Fsp3) is 0.500. The van der Waals surface area contributed by atoms with Gasteiger partial charge in [0, 0.05) is 16.6 Å². The van der Waals surface area contributed by atoms with Crippen molar-refractivity contribution in [3.63, 3.8) is 0 Å². The molecule has 1 aliphatic rings. The van der Waals surface area contributed by atoms with Gasteiger partial charge in [0.2, 0.25) is 5.91 Å². The number of benzene rings is 1. The molecule has 1 fully saturated rings. The van der Waals surface area contributed by atoms with Gasteiger partial charge in [-0.15, -0.1) is 0 Å². The molecule has 1 saturated heterocycles. The topological polar surface area (TPSA) is 78.9 Å². The third kappa shape index (κ3) is 4.94. The summed E-state index contributed by atoms with van der Waals surface area (Å²) in [6.45, 7) is 5.37. The molecule has 1 heterocycles. The lowest BCUT2D eigenvalue weighted by molar-refractivity contribution is -0.120. The van der Waals surface area contributed by atoms with Crippen LogP contribution in [-0.4, -0.2) is 46.3 Å². The Labute approximate surface area is 143 Å². The predicted octanol–water partition coefficient (Wildman–Crippen LogP) is 2.76. The summed E-state index contributed by atoms with van der Waals surface area (Å²) in [5, 5.41) is 12.6. The second-order valence-electron chi connectivity index (χ2n) is 6.53. The van der Waals surface area contributed by atoms with Gasteiger partial charge in [-0.2, -0.15) is 0 Å². The van der Waals surface area contributed by atoms with Crippen LogP contribution >= 0.6 is 15.9 Å². The number of hydrogen-bond donors (Lipinski definition) is 2. The first kappa shape index (κ1) is 17.7. The fourth-order valence-electron chi connectivity index (χ4n) is 2.34. The lowest BCUT2D eigenvalue weighted by atomic mass is 10.2. The summed E-state index contributed by atoms with van der Waals surface area (Å²) in [5.41, 5.74) is -0.0269. The molecule has 0 saturated carbocycles. The molecule has 126 valence electrons. The molecule has 6 nitrogen and oxygen atoms in total. The summed E-state index contributed by atoms with van der Waals surface area (Å²) < 4.78 is 6.21. The van der Waals surface area contributed by atoms with E-state index in [1.807, 2.05) is 12.1 Å². The highest BCUT2D eigenvalue weighted by molar-refractivity contribution is 9.10. The maximum Gasteiger partial charge on any atom is 0.411 e. The number of β-amino-alcohol motifs (C(OH)–C–C–N with tert-alkyl or cyclic N) is 1. The molecule has 1 aromatic carbocycles. The molecule has 0 radical (unpaired) electrons. The van der Waals surface area contributed by atoms with Crippen molar-refractivity contribution in [3.05, 3.63) is 28.7 Å². The summed E-state index contributed by atoms with van der Waals surface area (Å²) in [6, 6.07) is 6.38. The Morgan fingerprint density at radius 3 is 2.48 bits per heavy atom. The third-order valence-corrected chi connectivity index (χ3v) is 3.85. The average molecular weight is 385 g/mol. The number of likely N-dealkylation sites (tertiary alicyclic amines) is 1. The van der Waals surface area contributed by atoms with Crippen molar-refractivity contribution in [1.29, 1.82) is 0 Å². The summed E-state index contributed by atoms with van der Waals surface area (Å²) >= 11 is 3.33. The van der Waals surface area contributed by atoms with Gasteiger partial charge >= 0.3 is 6.09 Å². The summed E-state index contributed by atoms with van der Waals surface area (Å²) in [5.74, 6) is -0.338. The molecule has 1 aromatic rings. The zero-order valence-electron chi connectivity index (χ0n) is 13.4. The van der Waals surface area contributed by atoms with Crippen LogP contribution in [0.25, 0.3) is 0 Å². The maximum atomic E-state index is 12.4. The van der Waals surface area contributed by atoms with Crippen molar-refractivity contribution in [2.75, 3.05) is 11.9 Å². The normalized spacial score (nSPS) is 21.2. The van der Waals surface area contributed by atoms with Crippen LogP contribution in [-0.2, 0) is 9.53 Å². The van der Waals surface area contributed by atoms with Gasteiger partial charge in [-0.3, -0.25) is 9.69 Å². The van der Waals surface area contributed by atoms with Crippen LogP contribution in [0, 0.1) is 0 Å². The summed E-state index contributed by atoms with van der Waals surface area (Å²) in [6.07, 6.45) is -1.13. The fourth-order valence-corrected chi connectivity index (χ4v) is 2.61. The number of halogens is 1. The van der Waals surface area contributed by atoms with Crippen LogP contribution in [0.2, 0.25) is 0 Å². The van der Waals surface area contributed by atoms with Crippen molar-refractivity contribution in [1.82, 2.24) is 4.90 Å².